The number of ether oxygens (including phenoxy) is 1. The van der Waals surface area contributed by atoms with Crippen LogP contribution < -0.4 is 0 Å². The Kier molecular flexibility index (Phi) is 2.95. The second kappa shape index (κ2) is 4.72. The van der Waals surface area contributed by atoms with E-state index in [1.54, 1.807) is 0 Å². The van der Waals surface area contributed by atoms with Gasteiger partial charge < -0.3 is 9.84 Å². The third-order valence-electron chi connectivity index (χ3n) is 10.1. The molecule has 1 spiro atoms. The number of fused-ring (bicyclic) bond motifs is 4. The lowest BCUT2D eigenvalue weighted by Crippen LogP contribution is -2.72. The Morgan fingerprint density at radius 3 is 2.84 bits per heavy atom. The van der Waals surface area contributed by atoms with Crippen LogP contribution in [0.5, 0.6) is 0 Å². The van der Waals surface area contributed by atoms with E-state index in [0.29, 0.717) is 28.9 Å². The summed E-state index contributed by atoms with van der Waals surface area (Å²) in [6.45, 7) is 10.1. The summed E-state index contributed by atoms with van der Waals surface area (Å²) >= 11 is 0. The van der Waals surface area contributed by atoms with Crippen molar-refractivity contribution in [2.45, 2.75) is 70.6 Å². The summed E-state index contributed by atoms with van der Waals surface area (Å²) in [4.78, 5) is 2.69. The Balaban J connectivity index is 1.49. The highest BCUT2D eigenvalue weighted by atomic mass is 16.5. The molecule has 0 aromatic rings. The van der Waals surface area contributed by atoms with Crippen LogP contribution in [0.15, 0.2) is 12.2 Å². The van der Waals surface area contributed by atoms with Crippen molar-refractivity contribution in [2.75, 3.05) is 19.7 Å². The lowest BCUT2D eigenvalue weighted by molar-refractivity contribution is -0.273. The van der Waals surface area contributed by atoms with Gasteiger partial charge in [-0.2, -0.15) is 0 Å². The normalized spacial score (nSPS) is 60.1. The maximum atomic E-state index is 11.3. The number of aliphatic hydroxyl groups is 1. The summed E-state index contributed by atoms with van der Waals surface area (Å²) < 4.78 is 6.29. The highest BCUT2D eigenvalue weighted by Gasteiger charge is 2.71. The van der Waals surface area contributed by atoms with Gasteiger partial charge in [-0.3, -0.25) is 4.90 Å². The summed E-state index contributed by atoms with van der Waals surface area (Å²) in [6, 6.07) is 0. The molecular formula is C22H33NO2. The first kappa shape index (κ1) is 15.7. The summed E-state index contributed by atoms with van der Waals surface area (Å²) in [6.07, 6.45) is 10.6. The molecule has 2 heterocycles. The zero-order valence-corrected chi connectivity index (χ0v) is 15.7. The van der Waals surface area contributed by atoms with Gasteiger partial charge in [0.2, 0.25) is 0 Å². The van der Waals surface area contributed by atoms with E-state index in [9.17, 15) is 5.11 Å². The van der Waals surface area contributed by atoms with Crippen LogP contribution in [0.3, 0.4) is 0 Å². The maximum absolute atomic E-state index is 11.3. The molecule has 3 heteroatoms. The second-order valence-electron chi connectivity index (χ2n) is 10.6. The molecule has 5 saturated carbocycles. The van der Waals surface area contributed by atoms with E-state index in [1.165, 1.54) is 63.5 Å². The molecule has 4 unspecified atom stereocenters. The highest BCUT2D eigenvalue weighted by molar-refractivity contribution is 5.28. The first-order chi connectivity index (χ1) is 12.0. The number of piperidine rings is 1. The predicted octanol–water partition coefficient (Wildman–Crippen LogP) is 3.58. The largest absolute Gasteiger partial charge is 0.388 e. The number of rotatable bonds is 0. The van der Waals surface area contributed by atoms with Crippen molar-refractivity contribution >= 4 is 0 Å². The molecule has 2 saturated heterocycles. The lowest BCUT2D eigenvalue weighted by Gasteiger charge is -2.73. The second-order valence-corrected chi connectivity index (χ2v) is 10.6. The molecule has 7 rings (SSSR count). The smallest absolute Gasteiger partial charge is 0.116 e. The maximum Gasteiger partial charge on any atom is 0.116 e. The van der Waals surface area contributed by atoms with E-state index in [0.717, 1.165) is 19.1 Å². The van der Waals surface area contributed by atoms with Gasteiger partial charge in [0.25, 0.3) is 0 Å². The molecule has 1 N–H and O–H groups in total. The molecule has 0 amide bonds. The fraction of sp³-hybridized carbons (Fsp3) is 0.909. The van der Waals surface area contributed by atoms with Crippen molar-refractivity contribution in [3.8, 4) is 0 Å². The van der Waals surface area contributed by atoms with Gasteiger partial charge in [0.05, 0.1) is 12.7 Å². The average molecular weight is 344 g/mol. The van der Waals surface area contributed by atoms with E-state index in [-0.39, 0.29) is 11.5 Å². The van der Waals surface area contributed by atoms with Crippen LogP contribution in [0.4, 0.5) is 0 Å². The Labute approximate surface area is 151 Å². The van der Waals surface area contributed by atoms with Crippen molar-refractivity contribution in [2.24, 2.45) is 34.0 Å². The van der Waals surface area contributed by atoms with Crippen molar-refractivity contribution in [1.82, 2.24) is 4.90 Å². The molecule has 3 nitrogen and oxygen atoms in total. The number of aliphatic hydroxyl groups excluding tert-OH is 1. The third-order valence-corrected chi connectivity index (χ3v) is 10.1. The lowest BCUT2D eigenvalue weighted by atomic mass is 9.34. The minimum absolute atomic E-state index is 0.147. The monoisotopic (exact) mass is 343 g/mol. The minimum atomic E-state index is -0.235. The molecule has 0 aromatic heterocycles. The summed E-state index contributed by atoms with van der Waals surface area (Å²) in [7, 11) is 0. The molecule has 2 aliphatic heterocycles. The average Bonchev–Trinajstić information content (AvgIpc) is 3.07. The SMILES string of the molecule is C=C1C(O)[C@@]23CCC4[C@@]5(C)CCC[C@@]4(CN4CCOC45)C2C[C@@H]1CC3. The van der Waals surface area contributed by atoms with Crippen molar-refractivity contribution in [3.05, 3.63) is 12.2 Å². The Morgan fingerprint density at radius 1 is 1.12 bits per heavy atom. The first-order valence-corrected chi connectivity index (χ1v) is 10.7. The van der Waals surface area contributed by atoms with Crippen LogP contribution in [-0.2, 0) is 4.74 Å². The third kappa shape index (κ3) is 1.62. The zero-order chi connectivity index (χ0) is 17.0. The molecular weight excluding hydrogens is 310 g/mol. The van der Waals surface area contributed by atoms with Crippen molar-refractivity contribution < 1.29 is 9.84 Å². The van der Waals surface area contributed by atoms with Crippen LogP contribution in [0.1, 0.15) is 58.3 Å². The van der Waals surface area contributed by atoms with Crippen LogP contribution in [-0.4, -0.2) is 42.0 Å². The van der Waals surface area contributed by atoms with Gasteiger partial charge in [-0.15, -0.1) is 0 Å². The Morgan fingerprint density at radius 2 is 1.96 bits per heavy atom. The van der Waals surface area contributed by atoms with E-state index >= 15 is 0 Å². The molecule has 7 fully saturated rings. The number of hydrogen-bond donors (Lipinski definition) is 1. The van der Waals surface area contributed by atoms with Gasteiger partial charge in [0.15, 0.2) is 0 Å². The predicted molar refractivity (Wildman–Crippen MR) is 96.8 cm³/mol. The highest BCUT2D eigenvalue weighted by Crippen LogP contribution is 2.74. The van der Waals surface area contributed by atoms with Gasteiger partial charge in [0.1, 0.15) is 6.23 Å². The first-order valence-electron chi connectivity index (χ1n) is 10.7. The fourth-order valence-corrected chi connectivity index (χ4v) is 9.25. The van der Waals surface area contributed by atoms with Gasteiger partial charge in [-0.05, 0) is 73.7 Å². The van der Waals surface area contributed by atoms with Gasteiger partial charge >= 0.3 is 0 Å². The molecule has 0 radical (unpaired) electrons. The van der Waals surface area contributed by atoms with Crippen molar-refractivity contribution in [3.63, 3.8) is 0 Å². The molecule has 5 aliphatic carbocycles. The van der Waals surface area contributed by atoms with Crippen LogP contribution in [0.25, 0.3) is 0 Å². The van der Waals surface area contributed by atoms with E-state index < -0.39 is 0 Å². The summed E-state index contributed by atoms with van der Waals surface area (Å²) in [5, 5.41) is 11.3. The fourth-order valence-electron chi connectivity index (χ4n) is 9.25. The molecule has 7 aliphatic rings. The van der Waals surface area contributed by atoms with Crippen LogP contribution in [0.2, 0.25) is 0 Å². The minimum Gasteiger partial charge on any atom is -0.388 e. The Hall–Kier alpha value is -0.380. The summed E-state index contributed by atoms with van der Waals surface area (Å²) in [5.74, 6) is 2.08. The molecule has 4 bridgehead atoms. The van der Waals surface area contributed by atoms with E-state index in [4.69, 9.17) is 4.74 Å². The van der Waals surface area contributed by atoms with Crippen LogP contribution in [0, 0.1) is 34.0 Å². The number of hydrogen-bond acceptors (Lipinski definition) is 3. The molecule has 0 aromatic carbocycles. The van der Waals surface area contributed by atoms with Crippen molar-refractivity contribution in [1.29, 1.82) is 0 Å². The Bertz CT molecular complexity index is 634. The van der Waals surface area contributed by atoms with Gasteiger partial charge in [-0.25, -0.2) is 0 Å². The number of nitrogens with zero attached hydrogens (tertiary/aromatic N) is 1. The standard InChI is InChI=1S/C22H33NO2/c1-14-15-4-8-21(18(14)24)9-5-16-20(2)6-3-7-22(16,17(21)12-15)13-23-10-11-25-19(20)23/h15-19,24H,1,3-13H2,2H3/t15-,16?,17?,18?,19?,20+,21-,22-/m0/s1. The quantitative estimate of drug-likeness (QED) is 0.683. The van der Waals surface area contributed by atoms with Crippen LogP contribution >= 0.6 is 0 Å². The van der Waals surface area contributed by atoms with Gasteiger partial charge in [0, 0.05) is 23.9 Å². The molecule has 8 atom stereocenters. The van der Waals surface area contributed by atoms with Gasteiger partial charge in [-0.1, -0.05) is 19.9 Å². The summed E-state index contributed by atoms with van der Waals surface area (Å²) in [5.41, 5.74) is 2.07. The zero-order valence-electron chi connectivity index (χ0n) is 15.7. The van der Waals surface area contributed by atoms with E-state index in [2.05, 4.69) is 18.4 Å². The molecule has 25 heavy (non-hydrogen) atoms. The van der Waals surface area contributed by atoms with E-state index in [1.807, 2.05) is 0 Å². The topological polar surface area (TPSA) is 32.7 Å². The molecule has 138 valence electrons.